The van der Waals surface area contributed by atoms with Crippen LogP contribution in [-0.2, 0) is 13.1 Å². The van der Waals surface area contributed by atoms with Gasteiger partial charge in [0.15, 0.2) is 11.6 Å². The summed E-state index contributed by atoms with van der Waals surface area (Å²) in [6, 6.07) is 10.2. The minimum Gasteiger partial charge on any atom is -0.494 e. The normalized spacial score (nSPS) is 20.8. The monoisotopic (exact) mass is 425 g/mol. The number of pyridine rings is 1. The van der Waals surface area contributed by atoms with Crippen LogP contribution in [0, 0.1) is 11.7 Å². The first-order valence-corrected chi connectivity index (χ1v) is 11.9. The summed E-state index contributed by atoms with van der Waals surface area (Å²) in [7, 11) is 1.53. The van der Waals surface area contributed by atoms with Gasteiger partial charge < -0.3 is 9.64 Å². The van der Waals surface area contributed by atoms with Crippen molar-refractivity contribution in [1.82, 2.24) is 14.8 Å². The molecule has 1 atom stereocenters. The van der Waals surface area contributed by atoms with Gasteiger partial charge in [-0.25, -0.2) is 4.39 Å². The summed E-state index contributed by atoms with van der Waals surface area (Å²) in [4.78, 5) is 9.57. The number of benzene rings is 1. The van der Waals surface area contributed by atoms with Crippen molar-refractivity contribution in [1.29, 1.82) is 0 Å². The van der Waals surface area contributed by atoms with Crippen molar-refractivity contribution in [2.45, 2.75) is 64.1 Å². The standard InChI is InChI=1S/C26H36FN3O/c1-31-26-15-21(11-12-25(26)27)17-29(18-22-7-5-13-28-16-22)19-23-8-6-14-30(20-23)24-9-3-2-4-10-24/h5,7,11-13,15-16,23-24H,2-4,6,8-10,14,17-20H2,1H3. The lowest BCUT2D eigenvalue weighted by Crippen LogP contribution is -2.46. The molecule has 0 amide bonds. The number of halogens is 1. The Kier molecular flexibility index (Phi) is 7.92. The van der Waals surface area contributed by atoms with Crippen LogP contribution in [0.4, 0.5) is 4.39 Å². The smallest absolute Gasteiger partial charge is 0.165 e. The number of rotatable bonds is 8. The predicted molar refractivity (Wildman–Crippen MR) is 122 cm³/mol. The van der Waals surface area contributed by atoms with E-state index in [0.29, 0.717) is 11.7 Å². The molecule has 4 nitrogen and oxygen atoms in total. The first kappa shape index (κ1) is 22.2. The van der Waals surface area contributed by atoms with Crippen LogP contribution in [0.15, 0.2) is 42.7 Å². The maximum Gasteiger partial charge on any atom is 0.165 e. The van der Waals surface area contributed by atoms with Gasteiger partial charge in [0.2, 0.25) is 0 Å². The molecule has 0 N–H and O–H groups in total. The third-order valence-corrected chi connectivity index (χ3v) is 6.91. The summed E-state index contributed by atoms with van der Waals surface area (Å²) >= 11 is 0. The maximum atomic E-state index is 13.9. The van der Waals surface area contributed by atoms with Crippen molar-refractivity contribution in [3.63, 3.8) is 0 Å². The number of nitrogens with zero attached hydrogens (tertiary/aromatic N) is 3. The van der Waals surface area contributed by atoms with E-state index in [1.807, 2.05) is 30.6 Å². The van der Waals surface area contributed by atoms with E-state index in [-0.39, 0.29) is 5.82 Å². The lowest BCUT2D eigenvalue weighted by molar-refractivity contribution is 0.0771. The molecule has 0 bridgehead atoms. The van der Waals surface area contributed by atoms with Gasteiger partial charge in [0.05, 0.1) is 7.11 Å². The molecule has 168 valence electrons. The van der Waals surface area contributed by atoms with Gasteiger partial charge in [-0.2, -0.15) is 0 Å². The van der Waals surface area contributed by atoms with Gasteiger partial charge in [-0.1, -0.05) is 31.4 Å². The van der Waals surface area contributed by atoms with Crippen molar-refractivity contribution in [3.05, 3.63) is 59.7 Å². The van der Waals surface area contributed by atoms with Crippen LogP contribution in [0.2, 0.25) is 0 Å². The van der Waals surface area contributed by atoms with E-state index in [1.165, 1.54) is 76.8 Å². The molecule has 0 spiro atoms. The third-order valence-electron chi connectivity index (χ3n) is 6.91. The molecule has 1 aliphatic carbocycles. The second-order valence-electron chi connectivity index (χ2n) is 9.29. The quantitative estimate of drug-likeness (QED) is 0.576. The highest BCUT2D eigenvalue weighted by atomic mass is 19.1. The molecule has 31 heavy (non-hydrogen) atoms. The molecule has 2 aliphatic rings. The molecule has 1 saturated carbocycles. The Bertz CT molecular complexity index is 810. The summed E-state index contributed by atoms with van der Waals surface area (Å²) in [6.07, 6.45) is 13.3. The fourth-order valence-electron chi connectivity index (χ4n) is 5.38. The number of ether oxygens (including phenoxy) is 1. The zero-order chi connectivity index (χ0) is 21.5. The van der Waals surface area contributed by atoms with Crippen LogP contribution in [0.3, 0.4) is 0 Å². The van der Waals surface area contributed by atoms with E-state index in [4.69, 9.17) is 4.74 Å². The van der Waals surface area contributed by atoms with Gasteiger partial charge in [0.1, 0.15) is 0 Å². The van der Waals surface area contributed by atoms with E-state index < -0.39 is 0 Å². The summed E-state index contributed by atoms with van der Waals surface area (Å²) in [5, 5.41) is 0. The topological polar surface area (TPSA) is 28.6 Å². The van der Waals surface area contributed by atoms with Gasteiger partial charge in [-0.15, -0.1) is 0 Å². The Labute approximate surface area is 186 Å². The van der Waals surface area contributed by atoms with Crippen LogP contribution in [0.5, 0.6) is 5.75 Å². The minimum atomic E-state index is -0.305. The van der Waals surface area contributed by atoms with Crippen molar-refractivity contribution in [2.75, 3.05) is 26.7 Å². The largest absolute Gasteiger partial charge is 0.494 e. The molecule has 1 saturated heterocycles. The summed E-state index contributed by atoms with van der Waals surface area (Å²) in [5.41, 5.74) is 2.30. The highest BCUT2D eigenvalue weighted by molar-refractivity contribution is 5.30. The molecule has 0 radical (unpaired) electrons. The fraction of sp³-hybridized carbons (Fsp3) is 0.577. The van der Waals surface area contributed by atoms with E-state index in [2.05, 4.69) is 20.9 Å². The number of aromatic nitrogens is 1. The van der Waals surface area contributed by atoms with Crippen LogP contribution in [-0.4, -0.2) is 47.6 Å². The molecule has 4 rings (SSSR count). The molecule has 1 unspecified atom stereocenters. The Balaban J connectivity index is 1.44. The second-order valence-corrected chi connectivity index (χ2v) is 9.29. The lowest BCUT2D eigenvalue weighted by atomic mass is 9.90. The fourth-order valence-corrected chi connectivity index (χ4v) is 5.38. The number of methoxy groups -OCH3 is 1. The maximum absolute atomic E-state index is 13.9. The number of piperidine rings is 1. The first-order valence-electron chi connectivity index (χ1n) is 11.9. The molecule has 5 heteroatoms. The van der Waals surface area contributed by atoms with Crippen molar-refractivity contribution >= 4 is 0 Å². The second kappa shape index (κ2) is 11.1. The number of hydrogen-bond acceptors (Lipinski definition) is 4. The lowest BCUT2D eigenvalue weighted by Gasteiger charge is -2.41. The van der Waals surface area contributed by atoms with Crippen LogP contribution >= 0.6 is 0 Å². The molecule has 2 aromatic rings. The van der Waals surface area contributed by atoms with E-state index in [9.17, 15) is 4.39 Å². The average Bonchev–Trinajstić information content (AvgIpc) is 2.82. The van der Waals surface area contributed by atoms with E-state index >= 15 is 0 Å². The molecular formula is C26H36FN3O. The summed E-state index contributed by atoms with van der Waals surface area (Å²) in [5.74, 6) is 0.690. The Morgan fingerprint density at radius 3 is 2.68 bits per heavy atom. The molecule has 1 aliphatic heterocycles. The molecule has 2 fully saturated rings. The van der Waals surface area contributed by atoms with Gasteiger partial charge in [-0.05, 0) is 67.5 Å². The van der Waals surface area contributed by atoms with Gasteiger partial charge >= 0.3 is 0 Å². The highest BCUT2D eigenvalue weighted by Gasteiger charge is 2.28. The third kappa shape index (κ3) is 6.27. The molecule has 1 aromatic carbocycles. The van der Waals surface area contributed by atoms with Gasteiger partial charge in [0, 0.05) is 44.6 Å². The molecule has 1 aromatic heterocycles. The zero-order valence-corrected chi connectivity index (χ0v) is 18.8. The van der Waals surface area contributed by atoms with Gasteiger partial charge in [0.25, 0.3) is 0 Å². The van der Waals surface area contributed by atoms with Crippen molar-refractivity contribution in [3.8, 4) is 5.75 Å². The number of hydrogen-bond donors (Lipinski definition) is 0. The average molecular weight is 426 g/mol. The minimum absolute atomic E-state index is 0.305. The number of likely N-dealkylation sites (tertiary alicyclic amines) is 1. The highest BCUT2D eigenvalue weighted by Crippen LogP contribution is 2.28. The Morgan fingerprint density at radius 2 is 1.90 bits per heavy atom. The SMILES string of the molecule is COc1cc(CN(Cc2cccnc2)CC2CCCN(C3CCCCC3)C2)ccc1F. The zero-order valence-electron chi connectivity index (χ0n) is 18.8. The molecule has 2 heterocycles. The van der Waals surface area contributed by atoms with Crippen LogP contribution in [0.1, 0.15) is 56.1 Å². The Morgan fingerprint density at radius 1 is 1.06 bits per heavy atom. The predicted octanol–water partition coefficient (Wildman–Crippen LogP) is 5.28. The molecular weight excluding hydrogens is 389 g/mol. The van der Waals surface area contributed by atoms with E-state index in [1.54, 1.807) is 0 Å². The van der Waals surface area contributed by atoms with Crippen LogP contribution in [0.25, 0.3) is 0 Å². The first-order chi connectivity index (χ1) is 15.2. The summed E-state index contributed by atoms with van der Waals surface area (Å²) in [6.45, 7) is 5.16. The van der Waals surface area contributed by atoms with Crippen molar-refractivity contribution in [2.24, 2.45) is 5.92 Å². The van der Waals surface area contributed by atoms with Gasteiger partial charge in [-0.3, -0.25) is 9.88 Å². The van der Waals surface area contributed by atoms with E-state index in [0.717, 1.165) is 31.2 Å². The van der Waals surface area contributed by atoms with Crippen molar-refractivity contribution < 1.29 is 9.13 Å². The summed E-state index contributed by atoms with van der Waals surface area (Å²) < 4.78 is 19.1. The van der Waals surface area contributed by atoms with Crippen LogP contribution < -0.4 is 4.74 Å². The Hall–Kier alpha value is -1.98.